The van der Waals surface area contributed by atoms with Gasteiger partial charge in [-0.3, -0.25) is 6.08 Å². The molecule has 1 atom stereocenters. The fourth-order valence-corrected chi connectivity index (χ4v) is 2.69. The molecule has 0 heterocycles. The van der Waals surface area contributed by atoms with Gasteiger partial charge in [0.1, 0.15) is 0 Å². The van der Waals surface area contributed by atoms with E-state index in [9.17, 15) is 0 Å². The summed E-state index contributed by atoms with van der Waals surface area (Å²) in [6, 6.07) is 1.37. The van der Waals surface area contributed by atoms with Gasteiger partial charge < -0.3 is 29.6 Å². The van der Waals surface area contributed by atoms with E-state index < -0.39 is 8.80 Å². The van der Waals surface area contributed by atoms with Gasteiger partial charge in [0.05, 0.1) is 0 Å². The Bertz CT molecular complexity index is 245. The first kappa shape index (κ1) is 24.0. The van der Waals surface area contributed by atoms with E-state index in [0.717, 1.165) is 19.4 Å². The summed E-state index contributed by atoms with van der Waals surface area (Å²) in [4.78, 5) is 0. The van der Waals surface area contributed by atoms with Crippen molar-refractivity contribution in [3.05, 3.63) is 23.8 Å². The maximum absolute atomic E-state index is 5.90. The maximum Gasteiger partial charge on any atom is 3.00 e. The normalized spacial score (nSPS) is 14.3. The molecule has 0 spiro atoms. The number of ether oxygens (including phenoxy) is 1. The molecule has 0 aromatic carbocycles. The maximum atomic E-state index is 5.90. The van der Waals surface area contributed by atoms with Gasteiger partial charge in [-0.05, 0) is 12.8 Å². The molecule has 0 bridgehead atoms. The van der Waals surface area contributed by atoms with Crippen LogP contribution in [0.2, 0.25) is 19.1 Å². The Morgan fingerprint density at radius 1 is 1.39 bits per heavy atom. The van der Waals surface area contributed by atoms with Gasteiger partial charge >= 0.3 is 21.7 Å². The van der Waals surface area contributed by atoms with Gasteiger partial charge in [0, 0.05) is 21.5 Å². The van der Waals surface area contributed by atoms with Crippen LogP contribution in [0.15, 0.2) is 17.7 Å². The number of hydrogen-bond acceptors (Lipinski definition) is 1. The average molecular weight is 342 g/mol. The Hall–Kier alpha value is 0.951. The van der Waals surface area contributed by atoms with Crippen LogP contribution in [-0.4, -0.2) is 21.5 Å². The molecule has 1 unspecified atom stereocenters. The van der Waals surface area contributed by atoms with Crippen LogP contribution in [0, 0.1) is 6.08 Å². The minimum Gasteiger partial charge on any atom is -1.00 e. The van der Waals surface area contributed by atoms with E-state index in [0.29, 0.717) is 6.10 Å². The van der Waals surface area contributed by atoms with Crippen LogP contribution < -0.4 is 24.8 Å². The number of halogens is 2. The predicted octanol–water partition coefficient (Wildman–Crippen LogP) is -2.65. The third-order valence-corrected chi connectivity index (χ3v) is 4.09. The van der Waals surface area contributed by atoms with Crippen LogP contribution in [0.4, 0.5) is 0 Å². The fourth-order valence-electron chi connectivity index (χ4n) is 1.72. The second-order valence-electron chi connectivity index (χ2n) is 4.57. The van der Waals surface area contributed by atoms with E-state index in [1.807, 2.05) is 0 Å². The van der Waals surface area contributed by atoms with Crippen molar-refractivity contribution in [2.24, 2.45) is 0 Å². The van der Waals surface area contributed by atoms with E-state index in [1.165, 1.54) is 18.0 Å². The zero-order valence-electron chi connectivity index (χ0n) is 11.5. The molecule has 0 N–H and O–H groups in total. The molecule has 1 nitrogen and oxygen atoms in total. The predicted molar refractivity (Wildman–Crippen MR) is 68.8 cm³/mol. The molecule has 1 rings (SSSR count). The molecular weight excluding hydrogens is 319 g/mol. The number of allylic oxidation sites excluding steroid dienone is 2. The van der Waals surface area contributed by atoms with Crippen molar-refractivity contribution in [1.29, 1.82) is 0 Å². The average Bonchev–Trinajstić information content (AvgIpc) is 2.71. The summed E-state index contributed by atoms with van der Waals surface area (Å²) in [5, 5.41) is 0. The second kappa shape index (κ2) is 14.4. The zero-order valence-corrected chi connectivity index (χ0v) is 15.7. The number of rotatable bonds is 7. The SMILES string of the molecule is CCCOC(CC[SiH](C)C)C1=[C-]CC=C1.[Cl-].[Cl-].[Ti+3]. The third-order valence-electron chi connectivity index (χ3n) is 2.60. The van der Waals surface area contributed by atoms with Crippen molar-refractivity contribution in [3.63, 3.8) is 0 Å². The van der Waals surface area contributed by atoms with Crippen LogP contribution in [0.3, 0.4) is 0 Å². The Balaban J connectivity index is -0.000000750. The molecule has 0 amide bonds. The van der Waals surface area contributed by atoms with Gasteiger partial charge in [-0.2, -0.15) is 11.6 Å². The van der Waals surface area contributed by atoms with Crippen LogP contribution in [0.1, 0.15) is 26.2 Å². The fraction of sp³-hybridized carbons (Fsp3) is 0.692. The van der Waals surface area contributed by atoms with E-state index in [1.54, 1.807) is 0 Å². The first-order valence-corrected chi connectivity index (χ1v) is 9.25. The summed E-state index contributed by atoms with van der Waals surface area (Å²) in [6.45, 7) is 7.85. The first-order chi connectivity index (χ1) is 7.24. The summed E-state index contributed by atoms with van der Waals surface area (Å²) in [5.41, 5.74) is 1.29. The summed E-state index contributed by atoms with van der Waals surface area (Å²) < 4.78 is 5.90. The molecule has 0 saturated carbocycles. The van der Waals surface area contributed by atoms with Crippen molar-refractivity contribution >= 4 is 8.80 Å². The molecule has 1 radical (unpaired) electrons. The quantitative estimate of drug-likeness (QED) is 0.363. The molecule has 103 valence electrons. The second-order valence-corrected chi connectivity index (χ2v) is 7.93. The molecular formula is C13H23Cl2OSiTi. The van der Waals surface area contributed by atoms with Crippen LogP contribution in [0.25, 0.3) is 0 Å². The largest absolute Gasteiger partial charge is 3.00 e. The van der Waals surface area contributed by atoms with Crippen molar-refractivity contribution in [3.8, 4) is 0 Å². The molecule has 18 heavy (non-hydrogen) atoms. The van der Waals surface area contributed by atoms with Crippen LogP contribution in [0.5, 0.6) is 0 Å². The zero-order chi connectivity index (χ0) is 11.1. The standard InChI is InChI=1S/C13H23OSi.2ClH.Ti/c1-4-10-14-13(9-11-15(2)3)12-7-5-6-8-12;;;/h5,7,13,15H,4,6,9-11H2,1-3H3;2*1H;/q-1;;;+3/p-2. The third kappa shape index (κ3) is 9.83. The molecule has 0 saturated heterocycles. The minimum atomic E-state index is -0.449. The van der Waals surface area contributed by atoms with Gasteiger partial charge in [0.2, 0.25) is 0 Å². The summed E-state index contributed by atoms with van der Waals surface area (Å²) in [6.07, 6.45) is 11.3. The van der Waals surface area contributed by atoms with Crippen molar-refractivity contribution in [2.75, 3.05) is 6.61 Å². The molecule has 0 aromatic heterocycles. The molecule has 1 aliphatic carbocycles. The van der Waals surface area contributed by atoms with Crippen molar-refractivity contribution in [1.82, 2.24) is 0 Å². The Labute approximate surface area is 141 Å². The van der Waals surface area contributed by atoms with E-state index in [2.05, 4.69) is 38.2 Å². The van der Waals surface area contributed by atoms with E-state index in [-0.39, 0.29) is 46.5 Å². The van der Waals surface area contributed by atoms with Crippen LogP contribution in [-0.2, 0) is 26.5 Å². The topological polar surface area (TPSA) is 9.23 Å². The van der Waals surface area contributed by atoms with Gasteiger partial charge in [-0.25, -0.2) is 6.08 Å². The summed E-state index contributed by atoms with van der Waals surface area (Å²) in [7, 11) is -0.449. The van der Waals surface area contributed by atoms with Crippen molar-refractivity contribution < 1.29 is 51.3 Å². The Morgan fingerprint density at radius 2 is 2.06 bits per heavy atom. The molecule has 5 heteroatoms. The Kier molecular flexibility index (Phi) is 19.2. The van der Waals surface area contributed by atoms with Gasteiger partial charge in [-0.1, -0.05) is 26.1 Å². The van der Waals surface area contributed by atoms with Crippen molar-refractivity contribution in [2.45, 2.75) is 51.4 Å². The van der Waals surface area contributed by atoms with E-state index >= 15 is 0 Å². The van der Waals surface area contributed by atoms with Gasteiger partial charge in [0.25, 0.3) is 0 Å². The first-order valence-electron chi connectivity index (χ1n) is 6.13. The van der Waals surface area contributed by atoms with Gasteiger partial charge in [-0.15, -0.1) is 6.42 Å². The minimum absolute atomic E-state index is 0. The molecule has 0 fully saturated rings. The molecule has 0 aromatic rings. The van der Waals surface area contributed by atoms with E-state index in [4.69, 9.17) is 4.74 Å². The Morgan fingerprint density at radius 3 is 2.50 bits per heavy atom. The number of hydrogen-bond donors (Lipinski definition) is 0. The molecule has 1 aliphatic rings. The van der Waals surface area contributed by atoms with Crippen LogP contribution >= 0.6 is 0 Å². The summed E-state index contributed by atoms with van der Waals surface area (Å²) in [5.74, 6) is 0. The molecule has 0 aliphatic heterocycles. The monoisotopic (exact) mass is 341 g/mol. The smallest absolute Gasteiger partial charge is 1.00 e. The summed E-state index contributed by atoms with van der Waals surface area (Å²) >= 11 is 0. The van der Waals surface area contributed by atoms with Gasteiger partial charge in [0.15, 0.2) is 0 Å².